The summed E-state index contributed by atoms with van der Waals surface area (Å²) in [6, 6.07) is 4.21. The van der Waals surface area contributed by atoms with Gasteiger partial charge in [-0.1, -0.05) is 0 Å². The van der Waals surface area contributed by atoms with Crippen molar-refractivity contribution in [3.05, 3.63) is 23.7 Å². The van der Waals surface area contributed by atoms with E-state index in [-0.39, 0.29) is 5.76 Å². The molecule has 0 aliphatic rings. The zero-order valence-electron chi connectivity index (χ0n) is 12.1. The molecule has 5 heteroatoms. The molecular weight excluding hydrogens is 244 g/mol. The zero-order chi connectivity index (χ0) is 14.4. The molecule has 0 aliphatic carbocycles. The van der Waals surface area contributed by atoms with E-state index in [0.29, 0.717) is 24.4 Å². The summed E-state index contributed by atoms with van der Waals surface area (Å²) in [5.74, 6) is -0.391. The summed E-state index contributed by atoms with van der Waals surface area (Å²) in [6.07, 6.45) is 0. The molecular formula is C14H24N2O3. The van der Waals surface area contributed by atoms with Crippen LogP contribution in [0.15, 0.2) is 16.5 Å². The predicted molar refractivity (Wildman–Crippen MR) is 74.4 cm³/mol. The second-order valence-corrected chi connectivity index (χ2v) is 5.17. The van der Waals surface area contributed by atoms with Gasteiger partial charge in [0.2, 0.25) is 5.76 Å². The standard InChI is InChI=1S/C14H24N2O3/c1-10(2)16(11(3)4)8-7-15-9-12-5-6-13(19-12)14(17)18/h5-6,10-11,15H,7-9H2,1-4H3,(H,17,18). The van der Waals surface area contributed by atoms with Crippen LogP contribution in [0, 0.1) is 0 Å². The van der Waals surface area contributed by atoms with Crippen molar-refractivity contribution >= 4 is 5.97 Å². The number of hydrogen-bond acceptors (Lipinski definition) is 4. The highest BCUT2D eigenvalue weighted by Crippen LogP contribution is 2.07. The van der Waals surface area contributed by atoms with E-state index in [1.165, 1.54) is 6.07 Å². The Balaban J connectivity index is 2.31. The first-order chi connectivity index (χ1) is 8.91. The second kappa shape index (κ2) is 7.31. The molecule has 1 rings (SSSR count). The molecule has 0 saturated carbocycles. The average molecular weight is 268 g/mol. The number of hydrogen-bond donors (Lipinski definition) is 2. The van der Waals surface area contributed by atoms with Gasteiger partial charge in [0, 0.05) is 25.2 Å². The van der Waals surface area contributed by atoms with Crippen LogP contribution in [0.25, 0.3) is 0 Å². The summed E-state index contributed by atoms with van der Waals surface area (Å²) in [7, 11) is 0. The molecule has 1 heterocycles. The van der Waals surface area contributed by atoms with E-state index in [2.05, 4.69) is 37.9 Å². The molecule has 0 spiro atoms. The van der Waals surface area contributed by atoms with Gasteiger partial charge in [-0.15, -0.1) is 0 Å². The Morgan fingerprint density at radius 1 is 1.32 bits per heavy atom. The van der Waals surface area contributed by atoms with Gasteiger partial charge in [0.1, 0.15) is 5.76 Å². The van der Waals surface area contributed by atoms with Gasteiger partial charge in [0.25, 0.3) is 0 Å². The molecule has 1 aromatic heterocycles. The van der Waals surface area contributed by atoms with Crippen molar-refractivity contribution in [1.29, 1.82) is 0 Å². The minimum absolute atomic E-state index is 0.0113. The Labute approximate surface area is 114 Å². The van der Waals surface area contributed by atoms with Crippen molar-refractivity contribution in [1.82, 2.24) is 10.2 Å². The minimum Gasteiger partial charge on any atom is -0.475 e. The van der Waals surface area contributed by atoms with E-state index in [0.717, 1.165) is 13.1 Å². The maximum Gasteiger partial charge on any atom is 0.371 e. The topological polar surface area (TPSA) is 65.7 Å². The lowest BCUT2D eigenvalue weighted by atomic mass is 10.2. The number of nitrogens with one attached hydrogen (secondary N) is 1. The normalized spacial score (nSPS) is 11.7. The lowest BCUT2D eigenvalue weighted by Gasteiger charge is -2.30. The van der Waals surface area contributed by atoms with Crippen molar-refractivity contribution in [2.24, 2.45) is 0 Å². The molecule has 2 N–H and O–H groups in total. The first kappa shape index (κ1) is 15.7. The van der Waals surface area contributed by atoms with E-state index in [1.807, 2.05) is 0 Å². The van der Waals surface area contributed by atoms with Crippen LogP contribution >= 0.6 is 0 Å². The van der Waals surface area contributed by atoms with Crippen LogP contribution < -0.4 is 5.32 Å². The largest absolute Gasteiger partial charge is 0.475 e. The number of carboxylic acid groups (broad SMARTS) is 1. The van der Waals surface area contributed by atoms with E-state index in [4.69, 9.17) is 9.52 Å². The molecule has 0 radical (unpaired) electrons. The van der Waals surface area contributed by atoms with Gasteiger partial charge >= 0.3 is 5.97 Å². The van der Waals surface area contributed by atoms with Crippen LogP contribution in [-0.2, 0) is 6.54 Å². The monoisotopic (exact) mass is 268 g/mol. The predicted octanol–water partition coefficient (Wildman–Crippen LogP) is 2.19. The highest BCUT2D eigenvalue weighted by Gasteiger charge is 2.12. The van der Waals surface area contributed by atoms with Crippen molar-refractivity contribution in [3.63, 3.8) is 0 Å². The number of aromatic carboxylic acids is 1. The Hall–Kier alpha value is -1.33. The highest BCUT2D eigenvalue weighted by molar-refractivity contribution is 5.84. The zero-order valence-corrected chi connectivity index (χ0v) is 12.1. The minimum atomic E-state index is -1.03. The molecule has 1 aromatic rings. The maximum atomic E-state index is 10.7. The molecule has 0 fully saturated rings. The molecule has 19 heavy (non-hydrogen) atoms. The first-order valence-electron chi connectivity index (χ1n) is 6.70. The fourth-order valence-electron chi connectivity index (χ4n) is 2.12. The van der Waals surface area contributed by atoms with Crippen LogP contribution in [0.3, 0.4) is 0 Å². The number of nitrogens with zero attached hydrogens (tertiary/aromatic N) is 1. The van der Waals surface area contributed by atoms with Crippen molar-refractivity contribution in [3.8, 4) is 0 Å². The Morgan fingerprint density at radius 2 is 1.95 bits per heavy atom. The maximum absolute atomic E-state index is 10.7. The van der Waals surface area contributed by atoms with Crippen LogP contribution in [0.2, 0.25) is 0 Å². The van der Waals surface area contributed by atoms with Gasteiger partial charge in [-0.2, -0.15) is 0 Å². The van der Waals surface area contributed by atoms with Crippen molar-refractivity contribution in [2.75, 3.05) is 13.1 Å². The van der Waals surface area contributed by atoms with Crippen molar-refractivity contribution in [2.45, 2.75) is 46.3 Å². The van der Waals surface area contributed by atoms with Gasteiger partial charge in [0.05, 0.1) is 6.54 Å². The highest BCUT2D eigenvalue weighted by atomic mass is 16.4. The summed E-state index contributed by atoms with van der Waals surface area (Å²) in [5.41, 5.74) is 0. The summed E-state index contributed by atoms with van der Waals surface area (Å²) in [5, 5.41) is 12.0. The van der Waals surface area contributed by atoms with Gasteiger partial charge in [0.15, 0.2) is 0 Å². The summed E-state index contributed by atoms with van der Waals surface area (Å²) < 4.78 is 5.17. The molecule has 0 bridgehead atoms. The quantitative estimate of drug-likeness (QED) is 0.707. The smallest absolute Gasteiger partial charge is 0.371 e. The lowest BCUT2D eigenvalue weighted by Crippen LogP contribution is -2.41. The van der Waals surface area contributed by atoms with Gasteiger partial charge in [-0.05, 0) is 39.8 Å². The second-order valence-electron chi connectivity index (χ2n) is 5.17. The number of carboxylic acids is 1. The van der Waals surface area contributed by atoms with Crippen molar-refractivity contribution < 1.29 is 14.3 Å². The van der Waals surface area contributed by atoms with Crippen LogP contribution in [0.1, 0.15) is 44.0 Å². The fraction of sp³-hybridized carbons (Fsp3) is 0.643. The molecule has 108 valence electrons. The summed E-state index contributed by atoms with van der Waals surface area (Å²) >= 11 is 0. The molecule has 0 aliphatic heterocycles. The Morgan fingerprint density at radius 3 is 2.42 bits per heavy atom. The van der Waals surface area contributed by atoms with Crippen LogP contribution in [0.4, 0.5) is 0 Å². The molecule has 0 unspecified atom stereocenters. The van der Waals surface area contributed by atoms with Gasteiger partial charge in [-0.3, -0.25) is 4.90 Å². The van der Waals surface area contributed by atoms with E-state index in [9.17, 15) is 4.79 Å². The molecule has 5 nitrogen and oxygen atoms in total. The first-order valence-corrected chi connectivity index (χ1v) is 6.70. The summed E-state index contributed by atoms with van der Waals surface area (Å²) in [4.78, 5) is 13.1. The number of carbonyl (C=O) groups is 1. The fourth-order valence-corrected chi connectivity index (χ4v) is 2.12. The third-order valence-electron chi connectivity index (χ3n) is 3.05. The van der Waals surface area contributed by atoms with Gasteiger partial charge < -0.3 is 14.8 Å². The Kier molecular flexibility index (Phi) is 6.05. The molecule has 0 saturated heterocycles. The molecule has 0 amide bonds. The summed E-state index contributed by atoms with van der Waals surface area (Å²) in [6.45, 7) is 11.1. The average Bonchev–Trinajstić information content (AvgIpc) is 2.76. The SMILES string of the molecule is CC(C)N(CCNCc1ccc(C(=O)O)o1)C(C)C. The molecule has 0 atom stereocenters. The van der Waals surface area contributed by atoms with E-state index >= 15 is 0 Å². The Bertz CT molecular complexity index is 391. The third-order valence-corrected chi connectivity index (χ3v) is 3.05. The number of rotatable bonds is 8. The third kappa shape index (κ3) is 5.04. The molecule has 0 aromatic carbocycles. The number of furan rings is 1. The van der Waals surface area contributed by atoms with Crippen LogP contribution in [0.5, 0.6) is 0 Å². The van der Waals surface area contributed by atoms with E-state index in [1.54, 1.807) is 6.07 Å². The van der Waals surface area contributed by atoms with E-state index < -0.39 is 5.97 Å². The lowest BCUT2D eigenvalue weighted by molar-refractivity contribution is 0.0660. The van der Waals surface area contributed by atoms with Gasteiger partial charge in [-0.25, -0.2) is 4.79 Å². The van der Waals surface area contributed by atoms with Crippen LogP contribution in [-0.4, -0.2) is 41.1 Å².